The van der Waals surface area contributed by atoms with E-state index in [1.807, 2.05) is 97.1 Å². The normalized spacial score (nSPS) is 11.8. The summed E-state index contributed by atoms with van der Waals surface area (Å²) in [4.78, 5) is 26.9. The van der Waals surface area contributed by atoms with E-state index in [0.29, 0.717) is 16.6 Å². The highest BCUT2D eigenvalue weighted by molar-refractivity contribution is 5.92. The number of hydrogen-bond acceptors (Lipinski definition) is 4. The molecule has 0 bridgehead atoms. The average Bonchev–Trinajstić information content (AvgIpc) is 3.36. The molecule has 7 heteroatoms. The molecule has 1 heterocycles. The van der Waals surface area contributed by atoms with E-state index in [0.717, 1.165) is 11.1 Å². The first-order chi connectivity index (χ1) is 17.2. The fourth-order valence-corrected chi connectivity index (χ4v) is 4.02. The number of nitrogens with one attached hydrogen (secondary N) is 2. The molecule has 0 saturated carbocycles. The van der Waals surface area contributed by atoms with Crippen molar-refractivity contribution in [2.24, 2.45) is 0 Å². The quantitative estimate of drug-likeness (QED) is 0.386. The van der Waals surface area contributed by atoms with Gasteiger partial charge in [0.25, 0.3) is 0 Å². The van der Waals surface area contributed by atoms with Crippen molar-refractivity contribution < 1.29 is 9.59 Å². The van der Waals surface area contributed by atoms with Gasteiger partial charge in [0.1, 0.15) is 11.6 Å². The zero-order chi connectivity index (χ0) is 24.0. The van der Waals surface area contributed by atoms with Crippen LogP contribution in [0.3, 0.4) is 0 Å². The number of aromatic nitrogens is 3. The largest absolute Gasteiger partial charge is 0.345 e. The van der Waals surface area contributed by atoms with Gasteiger partial charge in [0, 0.05) is 0 Å². The first-order valence-electron chi connectivity index (χ1n) is 11.3. The second kappa shape index (κ2) is 10.0. The van der Waals surface area contributed by atoms with E-state index in [2.05, 4.69) is 20.9 Å². The molecule has 2 amide bonds. The lowest BCUT2D eigenvalue weighted by Gasteiger charge is -2.24. The third-order valence-electron chi connectivity index (χ3n) is 5.76. The van der Waals surface area contributed by atoms with E-state index in [1.165, 1.54) is 4.68 Å². The van der Waals surface area contributed by atoms with Crippen molar-refractivity contribution in [2.45, 2.75) is 12.1 Å². The van der Waals surface area contributed by atoms with E-state index in [9.17, 15) is 9.59 Å². The molecule has 1 unspecified atom stereocenters. The SMILES string of the molecule is O=C(NC(c1ccccc1)c1ccccc1)C(NC(=O)n1nnc2ccccc21)c1ccccc1. The van der Waals surface area contributed by atoms with Crippen LogP contribution >= 0.6 is 0 Å². The Morgan fingerprint density at radius 1 is 0.629 bits per heavy atom. The number of para-hydroxylation sites is 1. The highest BCUT2D eigenvalue weighted by atomic mass is 16.2. The Bertz CT molecular complexity index is 1400. The molecule has 0 fully saturated rings. The molecule has 5 rings (SSSR count). The number of amides is 2. The fourth-order valence-electron chi connectivity index (χ4n) is 4.02. The van der Waals surface area contributed by atoms with Crippen LogP contribution in [0.15, 0.2) is 115 Å². The van der Waals surface area contributed by atoms with Gasteiger partial charge in [-0.05, 0) is 28.8 Å². The maximum atomic E-state index is 13.7. The minimum absolute atomic E-state index is 0.341. The molecular formula is C28H23N5O2. The number of carbonyl (C=O) groups is 2. The smallest absolute Gasteiger partial charge is 0.343 e. The minimum atomic E-state index is -0.943. The topological polar surface area (TPSA) is 88.9 Å². The standard InChI is InChI=1S/C28H23N5O2/c34-27(29-25(20-12-4-1-5-13-20)21-14-6-2-7-15-21)26(22-16-8-3-9-17-22)30-28(35)33-24-19-11-10-18-23(24)31-32-33/h1-19,25-26H,(H,29,34)(H,30,35). The van der Waals surface area contributed by atoms with Crippen LogP contribution < -0.4 is 10.6 Å². The molecule has 4 aromatic carbocycles. The number of nitrogens with zero attached hydrogens (tertiary/aromatic N) is 3. The van der Waals surface area contributed by atoms with Gasteiger partial charge in [-0.25, -0.2) is 4.79 Å². The van der Waals surface area contributed by atoms with Crippen LogP contribution in [-0.4, -0.2) is 26.9 Å². The second-order valence-corrected chi connectivity index (χ2v) is 8.05. The third kappa shape index (κ3) is 4.79. The van der Waals surface area contributed by atoms with Crippen molar-refractivity contribution in [1.82, 2.24) is 25.6 Å². The van der Waals surface area contributed by atoms with Crippen molar-refractivity contribution in [3.05, 3.63) is 132 Å². The number of benzene rings is 4. The number of fused-ring (bicyclic) bond motifs is 1. The molecule has 35 heavy (non-hydrogen) atoms. The van der Waals surface area contributed by atoms with E-state index >= 15 is 0 Å². The van der Waals surface area contributed by atoms with Crippen LogP contribution in [-0.2, 0) is 4.79 Å². The molecule has 5 aromatic rings. The summed E-state index contributed by atoms with van der Waals surface area (Å²) < 4.78 is 1.17. The summed E-state index contributed by atoms with van der Waals surface area (Å²) in [6.07, 6.45) is 0. The lowest BCUT2D eigenvalue weighted by Crippen LogP contribution is -2.43. The highest BCUT2D eigenvalue weighted by Crippen LogP contribution is 2.24. The van der Waals surface area contributed by atoms with Crippen molar-refractivity contribution in [3.63, 3.8) is 0 Å². The average molecular weight is 462 g/mol. The maximum absolute atomic E-state index is 13.7. The Morgan fingerprint density at radius 2 is 1.14 bits per heavy atom. The molecule has 2 N–H and O–H groups in total. The van der Waals surface area contributed by atoms with Gasteiger partial charge in [-0.15, -0.1) is 5.10 Å². The van der Waals surface area contributed by atoms with Crippen molar-refractivity contribution >= 4 is 23.0 Å². The molecule has 1 aromatic heterocycles. The summed E-state index contributed by atoms with van der Waals surface area (Å²) >= 11 is 0. The van der Waals surface area contributed by atoms with E-state index in [4.69, 9.17) is 0 Å². The van der Waals surface area contributed by atoms with Crippen molar-refractivity contribution in [3.8, 4) is 0 Å². The summed E-state index contributed by atoms with van der Waals surface area (Å²) in [7, 11) is 0. The first-order valence-corrected chi connectivity index (χ1v) is 11.3. The number of carbonyl (C=O) groups excluding carboxylic acids is 2. The van der Waals surface area contributed by atoms with Crippen LogP contribution in [0.5, 0.6) is 0 Å². The van der Waals surface area contributed by atoms with Crippen LogP contribution in [0.1, 0.15) is 28.8 Å². The third-order valence-corrected chi connectivity index (χ3v) is 5.76. The number of rotatable bonds is 6. The van der Waals surface area contributed by atoms with Gasteiger partial charge in [-0.2, -0.15) is 4.68 Å². The Balaban J connectivity index is 1.47. The second-order valence-electron chi connectivity index (χ2n) is 8.05. The molecule has 0 aliphatic carbocycles. The van der Waals surface area contributed by atoms with Gasteiger partial charge in [-0.3, -0.25) is 4.79 Å². The van der Waals surface area contributed by atoms with Gasteiger partial charge >= 0.3 is 6.03 Å². The Kier molecular flexibility index (Phi) is 6.30. The van der Waals surface area contributed by atoms with Crippen molar-refractivity contribution in [1.29, 1.82) is 0 Å². The Labute approximate surface area is 202 Å². The zero-order valence-electron chi connectivity index (χ0n) is 18.8. The molecule has 0 spiro atoms. The summed E-state index contributed by atoms with van der Waals surface area (Å²) in [5.41, 5.74) is 3.68. The lowest BCUT2D eigenvalue weighted by molar-refractivity contribution is -0.123. The maximum Gasteiger partial charge on any atom is 0.345 e. The van der Waals surface area contributed by atoms with Gasteiger partial charge in [0.15, 0.2) is 0 Å². The Morgan fingerprint density at radius 3 is 1.74 bits per heavy atom. The van der Waals surface area contributed by atoms with Crippen LogP contribution in [0.2, 0.25) is 0 Å². The fraction of sp³-hybridized carbons (Fsp3) is 0.0714. The van der Waals surface area contributed by atoms with Crippen LogP contribution in [0, 0.1) is 0 Å². The van der Waals surface area contributed by atoms with Crippen LogP contribution in [0.4, 0.5) is 4.79 Å². The predicted octanol–water partition coefficient (Wildman–Crippen LogP) is 4.64. The van der Waals surface area contributed by atoms with Gasteiger partial charge < -0.3 is 10.6 Å². The molecule has 0 aliphatic rings. The zero-order valence-corrected chi connectivity index (χ0v) is 18.8. The van der Waals surface area contributed by atoms with Gasteiger partial charge in [0.05, 0.1) is 11.6 Å². The summed E-state index contributed by atoms with van der Waals surface area (Å²) in [6, 6.07) is 33.9. The van der Waals surface area contributed by atoms with Gasteiger partial charge in [-0.1, -0.05) is 108 Å². The molecule has 0 radical (unpaired) electrons. The summed E-state index contributed by atoms with van der Waals surface area (Å²) in [6.45, 7) is 0. The lowest BCUT2D eigenvalue weighted by atomic mass is 9.97. The molecule has 0 aliphatic heterocycles. The molecule has 7 nitrogen and oxygen atoms in total. The predicted molar refractivity (Wildman–Crippen MR) is 134 cm³/mol. The molecule has 1 atom stereocenters. The van der Waals surface area contributed by atoms with Crippen molar-refractivity contribution in [2.75, 3.05) is 0 Å². The van der Waals surface area contributed by atoms with Gasteiger partial charge in [0.2, 0.25) is 5.91 Å². The first kappa shape index (κ1) is 22.0. The van der Waals surface area contributed by atoms with Crippen LogP contribution in [0.25, 0.3) is 11.0 Å². The minimum Gasteiger partial charge on any atom is -0.343 e. The highest BCUT2D eigenvalue weighted by Gasteiger charge is 2.27. The molecule has 0 saturated heterocycles. The van der Waals surface area contributed by atoms with E-state index in [-0.39, 0.29) is 11.9 Å². The summed E-state index contributed by atoms with van der Waals surface area (Å²) in [5, 5.41) is 14.0. The number of hydrogen-bond donors (Lipinski definition) is 2. The Hall–Kier alpha value is -4.78. The van der Waals surface area contributed by atoms with E-state index < -0.39 is 12.1 Å². The monoisotopic (exact) mass is 461 g/mol. The summed E-state index contributed by atoms with van der Waals surface area (Å²) in [5.74, 6) is -0.341. The molecular weight excluding hydrogens is 438 g/mol. The molecule has 172 valence electrons. The van der Waals surface area contributed by atoms with E-state index in [1.54, 1.807) is 18.2 Å².